The summed E-state index contributed by atoms with van der Waals surface area (Å²) in [6.07, 6.45) is 4.50. The van der Waals surface area contributed by atoms with Crippen molar-refractivity contribution < 1.29 is 17.4 Å². The number of hydrogen-bond acceptors (Lipinski definition) is 7. The average Bonchev–Trinajstić information content (AvgIpc) is 2.91. The molecule has 0 N–H and O–H groups in total. The molecule has 2 aromatic heterocycles. The van der Waals surface area contributed by atoms with Gasteiger partial charge in [-0.2, -0.15) is 4.98 Å². The molecule has 7 nitrogen and oxygen atoms in total. The minimum atomic E-state index is -2.95. The molecule has 0 unspecified atom stereocenters. The third-order valence-corrected chi connectivity index (χ3v) is 6.18. The Hall–Kier alpha value is -1.67. The van der Waals surface area contributed by atoms with Crippen molar-refractivity contribution in [2.45, 2.75) is 44.3 Å². The van der Waals surface area contributed by atoms with Crippen molar-refractivity contribution >= 4 is 9.84 Å². The van der Waals surface area contributed by atoms with Crippen LogP contribution in [0.3, 0.4) is 0 Å². The maximum Gasteiger partial charge on any atom is 0.240 e. The highest BCUT2D eigenvalue weighted by atomic mass is 32.2. The Bertz CT molecular complexity index is 765. The van der Waals surface area contributed by atoms with Crippen molar-refractivity contribution in [3.05, 3.63) is 35.9 Å². The van der Waals surface area contributed by atoms with Gasteiger partial charge in [-0.3, -0.25) is 4.90 Å². The van der Waals surface area contributed by atoms with Crippen LogP contribution in [-0.2, 0) is 22.9 Å². The van der Waals surface area contributed by atoms with Gasteiger partial charge in [-0.15, -0.1) is 0 Å². The van der Waals surface area contributed by atoms with E-state index in [1.165, 1.54) is 0 Å². The molecule has 23 heavy (non-hydrogen) atoms. The first kappa shape index (κ1) is 14.9. The fourth-order valence-electron chi connectivity index (χ4n) is 2.99. The molecule has 2 aromatic rings. The van der Waals surface area contributed by atoms with Crippen LogP contribution in [0.2, 0.25) is 0 Å². The maximum absolute atomic E-state index is 11.8. The fourth-order valence-corrected chi connectivity index (χ4v) is 4.76. The van der Waals surface area contributed by atoms with E-state index in [4.69, 9.17) is 8.94 Å². The largest absolute Gasteiger partial charge is 0.468 e. The fraction of sp³-hybridized carbons (Fsp3) is 0.600. The smallest absolute Gasteiger partial charge is 0.240 e. The van der Waals surface area contributed by atoms with Gasteiger partial charge in [0.1, 0.15) is 5.76 Å². The molecule has 0 aromatic carbocycles. The highest BCUT2D eigenvalue weighted by molar-refractivity contribution is 7.91. The second-order valence-corrected chi connectivity index (χ2v) is 8.59. The number of furan rings is 1. The monoisotopic (exact) mass is 337 g/mol. The zero-order valence-corrected chi connectivity index (χ0v) is 13.5. The summed E-state index contributed by atoms with van der Waals surface area (Å²) in [5.74, 6) is 2.98. The molecule has 1 saturated heterocycles. The summed E-state index contributed by atoms with van der Waals surface area (Å²) in [6.45, 7) is 0.981. The van der Waals surface area contributed by atoms with E-state index in [-0.39, 0.29) is 17.5 Å². The van der Waals surface area contributed by atoms with Crippen molar-refractivity contribution in [2.24, 2.45) is 0 Å². The van der Waals surface area contributed by atoms with E-state index in [0.717, 1.165) is 24.4 Å². The first-order valence-corrected chi connectivity index (χ1v) is 9.70. The summed E-state index contributed by atoms with van der Waals surface area (Å²) in [4.78, 5) is 6.51. The molecule has 124 valence electrons. The number of sulfone groups is 1. The zero-order chi connectivity index (χ0) is 15.9. The predicted octanol–water partition coefficient (Wildman–Crippen LogP) is 1.73. The molecule has 2 aliphatic rings. The first-order valence-electron chi connectivity index (χ1n) is 7.88. The second kappa shape index (κ2) is 5.76. The third kappa shape index (κ3) is 3.48. The molecule has 1 saturated carbocycles. The minimum absolute atomic E-state index is 0.0404. The van der Waals surface area contributed by atoms with Gasteiger partial charge in [-0.1, -0.05) is 5.16 Å². The Morgan fingerprint density at radius 1 is 1.26 bits per heavy atom. The van der Waals surface area contributed by atoms with Crippen LogP contribution in [0.4, 0.5) is 0 Å². The maximum atomic E-state index is 11.8. The molecule has 0 radical (unpaired) electrons. The Kier molecular flexibility index (Phi) is 3.73. The van der Waals surface area contributed by atoms with Crippen LogP contribution in [0.1, 0.15) is 42.7 Å². The quantitative estimate of drug-likeness (QED) is 0.793. The van der Waals surface area contributed by atoms with E-state index in [0.29, 0.717) is 31.3 Å². The molecule has 8 heteroatoms. The van der Waals surface area contributed by atoms with Crippen LogP contribution in [0.5, 0.6) is 0 Å². The lowest BCUT2D eigenvalue weighted by Crippen LogP contribution is -2.35. The van der Waals surface area contributed by atoms with E-state index in [9.17, 15) is 8.42 Å². The molecule has 0 amide bonds. The number of hydrogen-bond donors (Lipinski definition) is 0. The Labute approximate surface area is 134 Å². The molecule has 4 rings (SSSR count). The molecule has 2 fully saturated rings. The number of rotatable bonds is 6. The van der Waals surface area contributed by atoms with Gasteiger partial charge < -0.3 is 8.94 Å². The second-order valence-electron chi connectivity index (χ2n) is 6.36. The highest BCUT2D eigenvalue weighted by Crippen LogP contribution is 2.38. The first-order chi connectivity index (χ1) is 11.1. The normalized spacial score (nSPS) is 23.6. The van der Waals surface area contributed by atoms with Crippen molar-refractivity contribution in [1.82, 2.24) is 15.0 Å². The topological polar surface area (TPSA) is 89.4 Å². The van der Waals surface area contributed by atoms with Crippen LogP contribution in [0.25, 0.3) is 0 Å². The summed E-state index contributed by atoms with van der Waals surface area (Å²) in [7, 11) is -2.95. The summed E-state index contributed by atoms with van der Waals surface area (Å²) in [5, 5.41) is 4.03. The van der Waals surface area contributed by atoms with Gasteiger partial charge in [0, 0.05) is 12.0 Å². The van der Waals surface area contributed by atoms with Gasteiger partial charge in [0.05, 0.1) is 30.9 Å². The number of nitrogens with zero attached hydrogens (tertiary/aromatic N) is 3. The van der Waals surface area contributed by atoms with Crippen molar-refractivity contribution in [1.29, 1.82) is 0 Å². The van der Waals surface area contributed by atoms with Gasteiger partial charge in [0.2, 0.25) is 5.89 Å². The molecular formula is C15H19N3O4S. The van der Waals surface area contributed by atoms with Gasteiger partial charge in [0.15, 0.2) is 15.7 Å². The lowest BCUT2D eigenvalue weighted by atomic mass is 10.2. The molecule has 1 aliphatic heterocycles. The van der Waals surface area contributed by atoms with Gasteiger partial charge >= 0.3 is 0 Å². The van der Waals surface area contributed by atoms with E-state index in [1.807, 2.05) is 12.1 Å². The lowest BCUT2D eigenvalue weighted by molar-refractivity contribution is 0.157. The highest BCUT2D eigenvalue weighted by Gasteiger charge is 2.34. The van der Waals surface area contributed by atoms with Crippen molar-refractivity contribution in [3.63, 3.8) is 0 Å². The van der Waals surface area contributed by atoms with E-state index < -0.39 is 9.84 Å². The van der Waals surface area contributed by atoms with Crippen LogP contribution >= 0.6 is 0 Å². The minimum Gasteiger partial charge on any atom is -0.468 e. The summed E-state index contributed by atoms with van der Waals surface area (Å²) < 4.78 is 34.4. The molecule has 1 atom stereocenters. The van der Waals surface area contributed by atoms with Gasteiger partial charge in [-0.25, -0.2) is 8.42 Å². The van der Waals surface area contributed by atoms with Crippen LogP contribution in [-0.4, -0.2) is 41.0 Å². The Morgan fingerprint density at radius 2 is 2.13 bits per heavy atom. The SMILES string of the molecule is O=S1(=O)CC[C@H](N(Cc2ccco2)Cc2nc(C3CC3)no2)C1. The van der Waals surface area contributed by atoms with Crippen LogP contribution < -0.4 is 0 Å². The molecule has 1 aliphatic carbocycles. The molecule has 3 heterocycles. The Morgan fingerprint density at radius 3 is 2.78 bits per heavy atom. The van der Waals surface area contributed by atoms with Crippen LogP contribution in [0, 0.1) is 0 Å². The van der Waals surface area contributed by atoms with E-state index in [2.05, 4.69) is 15.0 Å². The molecule has 0 bridgehead atoms. The number of aromatic nitrogens is 2. The van der Waals surface area contributed by atoms with E-state index >= 15 is 0 Å². The van der Waals surface area contributed by atoms with Gasteiger partial charge in [0.25, 0.3) is 0 Å². The summed E-state index contributed by atoms with van der Waals surface area (Å²) in [5.41, 5.74) is 0. The van der Waals surface area contributed by atoms with Crippen LogP contribution in [0.15, 0.2) is 27.3 Å². The van der Waals surface area contributed by atoms with Gasteiger partial charge in [-0.05, 0) is 31.4 Å². The molecule has 0 spiro atoms. The Balaban J connectivity index is 1.51. The predicted molar refractivity (Wildman–Crippen MR) is 81.3 cm³/mol. The lowest BCUT2D eigenvalue weighted by Gasteiger charge is -2.25. The third-order valence-electron chi connectivity index (χ3n) is 4.43. The van der Waals surface area contributed by atoms with E-state index in [1.54, 1.807) is 6.26 Å². The standard InChI is InChI=1S/C15H19N3O4S/c19-23(20)7-5-12(10-23)18(8-13-2-1-6-21-13)9-14-16-15(17-22-14)11-3-4-11/h1-2,6,11-12H,3-5,7-10H2/t12-/m0/s1. The van der Waals surface area contributed by atoms with Crippen molar-refractivity contribution in [3.8, 4) is 0 Å². The zero-order valence-electron chi connectivity index (χ0n) is 12.7. The summed E-state index contributed by atoms with van der Waals surface area (Å²) in [6, 6.07) is 3.68. The molecular weight excluding hydrogens is 318 g/mol. The van der Waals surface area contributed by atoms with Crippen molar-refractivity contribution in [2.75, 3.05) is 11.5 Å². The average molecular weight is 337 g/mol. The summed E-state index contributed by atoms with van der Waals surface area (Å²) >= 11 is 0.